The maximum atomic E-state index is 12.2. The van der Waals surface area contributed by atoms with Crippen LogP contribution in [-0.4, -0.2) is 28.6 Å². The van der Waals surface area contributed by atoms with Crippen LogP contribution in [0.3, 0.4) is 0 Å². The van der Waals surface area contributed by atoms with Crippen molar-refractivity contribution in [3.63, 3.8) is 0 Å². The van der Waals surface area contributed by atoms with Crippen molar-refractivity contribution in [3.8, 4) is 11.3 Å². The Morgan fingerprint density at radius 1 is 1.19 bits per heavy atom. The molecule has 1 saturated heterocycles. The lowest BCUT2D eigenvalue weighted by atomic mass is 10.2. The summed E-state index contributed by atoms with van der Waals surface area (Å²) >= 11 is 1.53. The van der Waals surface area contributed by atoms with Gasteiger partial charge in [-0.15, -0.1) is 11.3 Å². The summed E-state index contributed by atoms with van der Waals surface area (Å²) in [6.07, 6.45) is 4.88. The molecule has 1 amide bonds. The van der Waals surface area contributed by atoms with E-state index < -0.39 is 0 Å². The van der Waals surface area contributed by atoms with E-state index in [0.717, 1.165) is 40.6 Å². The van der Waals surface area contributed by atoms with Gasteiger partial charge in [0.25, 0.3) is 5.91 Å². The number of carbonyl (C=O) groups excluding carboxylic acids is 1. The van der Waals surface area contributed by atoms with E-state index in [4.69, 9.17) is 4.74 Å². The third-order valence-corrected chi connectivity index (χ3v) is 4.84. The monoisotopic (exact) mass is 366 g/mol. The largest absolute Gasteiger partial charge is 0.368 e. The van der Waals surface area contributed by atoms with E-state index in [2.05, 4.69) is 20.6 Å². The number of benzene rings is 1. The maximum Gasteiger partial charge on any atom is 0.253 e. The third kappa shape index (κ3) is 3.89. The Bertz CT molecular complexity index is 891. The van der Waals surface area contributed by atoms with Gasteiger partial charge in [0.05, 0.1) is 5.69 Å². The van der Waals surface area contributed by atoms with Crippen molar-refractivity contribution in [1.29, 1.82) is 0 Å². The van der Waals surface area contributed by atoms with Crippen molar-refractivity contribution in [2.75, 3.05) is 17.2 Å². The molecule has 0 spiro atoms. The van der Waals surface area contributed by atoms with Crippen LogP contribution < -0.4 is 10.6 Å². The summed E-state index contributed by atoms with van der Waals surface area (Å²) in [6.45, 7) is 0.656. The highest BCUT2D eigenvalue weighted by molar-refractivity contribution is 7.14. The summed E-state index contributed by atoms with van der Waals surface area (Å²) in [7, 11) is 0. The molecule has 132 valence electrons. The third-order valence-electron chi connectivity index (χ3n) is 4.08. The molecule has 0 radical (unpaired) electrons. The molecule has 7 heteroatoms. The van der Waals surface area contributed by atoms with Crippen LogP contribution in [0.15, 0.2) is 54.2 Å². The van der Waals surface area contributed by atoms with Gasteiger partial charge in [-0.2, -0.15) is 0 Å². The van der Waals surface area contributed by atoms with E-state index >= 15 is 0 Å². The summed E-state index contributed by atoms with van der Waals surface area (Å²) in [5, 5.41) is 8.99. The molecule has 2 aromatic heterocycles. The highest BCUT2D eigenvalue weighted by Crippen LogP contribution is 2.27. The second-order valence-electron chi connectivity index (χ2n) is 5.97. The Labute approximate surface area is 155 Å². The van der Waals surface area contributed by atoms with Gasteiger partial charge in [-0.1, -0.05) is 6.07 Å². The molecule has 1 unspecified atom stereocenters. The minimum Gasteiger partial charge on any atom is -0.368 e. The number of aromatic nitrogens is 2. The number of carbonyl (C=O) groups is 1. The van der Waals surface area contributed by atoms with Crippen LogP contribution in [0.25, 0.3) is 11.3 Å². The fourth-order valence-electron chi connectivity index (χ4n) is 2.79. The quantitative estimate of drug-likeness (QED) is 0.712. The molecule has 1 fully saturated rings. The van der Waals surface area contributed by atoms with E-state index in [-0.39, 0.29) is 12.0 Å². The maximum absolute atomic E-state index is 12.2. The van der Waals surface area contributed by atoms with Crippen molar-refractivity contribution in [2.45, 2.75) is 18.9 Å². The SMILES string of the molecule is O=C(Nc1cccc(Nc2nc(-c3ccncc3)cs2)c1)C1CCCO1. The Hall–Kier alpha value is -2.77. The van der Waals surface area contributed by atoms with Gasteiger partial charge in [0.15, 0.2) is 5.13 Å². The van der Waals surface area contributed by atoms with Crippen LogP contribution in [0, 0.1) is 0 Å². The fourth-order valence-corrected chi connectivity index (χ4v) is 3.53. The fraction of sp³-hybridized carbons (Fsp3) is 0.211. The van der Waals surface area contributed by atoms with Gasteiger partial charge in [0.1, 0.15) is 6.10 Å². The number of hydrogen-bond acceptors (Lipinski definition) is 6. The van der Waals surface area contributed by atoms with Gasteiger partial charge in [-0.3, -0.25) is 9.78 Å². The molecule has 2 N–H and O–H groups in total. The van der Waals surface area contributed by atoms with Crippen LogP contribution in [0.1, 0.15) is 12.8 Å². The zero-order valence-electron chi connectivity index (χ0n) is 14.0. The van der Waals surface area contributed by atoms with Gasteiger partial charge < -0.3 is 15.4 Å². The molecule has 0 aliphatic carbocycles. The van der Waals surface area contributed by atoms with Crippen LogP contribution in [0.5, 0.6) is 0 Å². The van der Waals surface area contributed by atoms with Gasteiger partial charge >= 0.3 is 0 Å². The van der Waals surface area contributed by atoms with E-state index in [0.29, 0.717) is 6.61 Å². The Balaban J connectivity index is 1.44. The van der Waals surface area contributed by atoms with E-state index in [1.807, 2.05) is 41.8 Å². The summed E-state index contributed by atoms with van der Waals surface area (Å²) in [6, 6.07) is 11.4. The number of amides is 1. The van der Waals surface area contributed by atoms with Crippen molar-refractivity contribution in [3.05, 3.63) is 54.2 Å². The minimum atomic E-state index is -0.339. The first-order chi connectivity index (χ1) is 12.8. The molecule has 3 heterocycles. The molecule has 1 aliphatic rings. The summed E-state index contributed by atoms with van der Waals surface area (Å²) in [5.74, 6) is -0.0890. The number of anilines is 3. The van der Waals surface area contributed by atoms with E-state index in [9.17, 15) is 4.79 Å². The second kappa shape index (κ2) is 7.63. The molecular formula is C19H18N4O2S. The lowest BCUT2D eigenvalue weighted by Crippen LogP contribution is -2.26. The summed E-state index contributed by atoms with van der Waals surface area (Å²) in [5.41, 5.74) is 3.54. The van der Waals surface area contributed by atoms with Gasteiger partial charge in [0, 0.05) is 41.3 Å². The molecule has 4 rings (SSSR count). The predicted molar refractivity (Wildman–Crippen MR) is 103 cm³/mol. The average Bonchev–Trinajstić information content (AvgIpc) is 3.35. The van der Waals surface area contributed by atoms with Gasteiger partial charge in [-0.25, -0.2) is 4.98 Å². The molecule has 0 bridgehead atoms. The Morgan fingerprint density at radius 3 is 2.85 bits per heavy atom. The normalized spacial score (nSPS) is 16.4. The number of pyridine rings is 1. The molecule has 1 aromatic carbocycles. The van der Waals surface area contributed by atoms with Crippen LogP contribution >= 0.6 is 11.3 Å². The predicted octanol–water partition coefficient (Wildman–Crippen LogP) is 4.07. The Morgan fingerprint density at radius 2 is 2.04 bits per heavy atom. The van der Waals surface area contributed by atoms with Crippen LogP contribution in [0.2, 0.25) is 0 Å². The van der Waals surface area contributed by atoms with Crippen LogP contribution in [-0.2, 0) is 9.53 Å². The van der Waals surface area contributed by atoms with Crippen molar-refractivity contribution in [2.24, 2.45) is 0 Å². The molecule has 1 aliphatic heterocycles. The van der Waals surface area contributed by atoms with Gasteiger partial charge in [-0.05, 0) is 43.2 Å². The molecule has 3 aromatic rings. The standard InChI is InChI=1S/C19H18N4O2S/c24-18(17-5-2-10-25-17)21-14-3-1-4-15(11-14)22-19-23-16(12-26-19)13-6-8-20-9-7-13/h1,3-4,6-9,11-12,17H,2,5,10H2,(H,21,24)(H,22,23). The van der Waals surface area contributed by atoms with Gasteiger partial charge in [0.2, 0.25) is 0 Å². The van der Waals surface area contributed by atoms with Crippen LogP contribution in [0.4, 0.5) is 16.5 Å². The summed E-state index contributed by atoms with van der Waals surface area (Å²) in [4.78, 5) is 20.8. The molecule has 6 nitrogen and oxygen atoms in total. The first-order valence-corrected chi connectivity index (χ1v) is 9.31. The lowest BCUT2D eigenvalue weighted by Gasteiger charge is -2.11. The van der Waals surface area contributed by atoms with E-state index in [1.165, 1.54) is 11.3 Å². The molecule has 0 saturated carbocycles. The zero-order valence-corrected chi connectivity index (χ0v) is 14.8. The van der Waals surface area contributed by atoms with E-state index in [1.54, 1.807) is 12.4 Å². The van der Waals surface area contributed by atoms with Crippen molar-refractivity contribution in [1.82, 2.24) is 9.97 Å². The van der Waals surface area contributed by atoms with Crippen molar-refractivity contribution >= 4 is 33.8 Å². The first kappa shape index (κ1) is 16.7. The Kier molecular flexibility index (Phi) is 4.90. The topological polar surface area (TPSA) is 76.1 Å². The number of rotatable bonds is 5. The zero-order chi connectivity index (χ0) is 17.8. The highest BCUT2D eigenvalue weighted by Gasteiger charge is 2.23. The van der Waals surface area contributed by atoms with Crippen molar-refractivity contribution < 1.29 is 9.53 Å². The first-order valence-electron chi connectivity index (χ1n) is 8.43. The average molecular weight is 366 g/mol. The number of thiazole rings is 1. The lowest BCUT2D eigenvalue weighted by molar-refractivity contribution is -0.124. The number of nitrogens with zero attached hydrogens (tertiary/aromatic N) is 2. The minimum absolute atomic E-state index is 0.0890. The smallest absolute Gasteiger partial charge is 0.253 e. The molecule has 1 atom stereocenters. The second-order valence-corrected chi connectivity index (χ2v) is 6.83. The highest BCUT2D eigenvalue weighted by atomic mass is 32.1. The number of nitrogens with one attached hydrogen (secondary N) is 2. The molecule has 26 heavy (non-hydrogen) atoms. The number of ether oxygens (including phenoxy) is 1. The number of hydrogen-bond donors (Lipinski definition) is 2. The molecular weight excluding hydrogens is 348 g/mol. The summed E-state index contributed by atoms with van der Waals surface area (Å²) < 4.78 is 5.42.